The maximum atomic E-state index is 12.3. The number of amides is 1. The molecule has 0 unspecified atom stereocenters. The minimum atomic E-state index is -0.667. The molecule has 1 amide bonds. The van der Waals surface area contributed by atoms with Gasteiger partial charge in [0.2, 0.25) is 6.79 Å². The van der Waals surface area contributed by atoms with E-state index in [1.54, 1.807) is 24.3 Å². The van der Waals surface area contributed by atoms with Crippen molar-refractivity contribution in [2.75, 3.05) is 18.7 Å². The molecule has 152 valence electrons. The number of hydrogen-bond donors (Lipinski definition) is 1. The Morgan fingerprint density at radius 3 is 2.63 bits per heavy atom. The summed E-state index contributed by atoms with van der Waals surface area (Å²) >= 11 is 5.85. The van der Waals surface area contributed by atoms with Gasteiger partial charge in [0.25, 0.3) is 5.91 Å². The molecule has 2 aromatic carbocycles. The number of rotatable bonds is 5. The standard InChI is InChI=1S/C21H15ClN2O6/c1-11(25)14-7-17-18(30-10-29-17)8-16(14)24-20(26)9-28-21(27)13-2-4-15-12(6-13)3-5-19(22)23-15/h2-8H,9-10H2,1H3,(H,24,26). The third-order valence-corrected chi connectivity index (χ3v) is 4.60. The molecule has 0 bridgehead atoms. The number of carbonyl (C=O) groups excluding carboxylic acids is 3. The average molecular weight is 427 g/mol. The summed E-state index contributed by atoms with van der Waals surface area (Å²) in [6, 6.07) is 11.1. The van der Waals surface area contributed by atoms with Crippen molar-refractivity contribution in [3.63, 3.8) is 0 Å². The molecule has 0 radical (unpaired) electrons. The highest BCUT2D eigenvalue weighted by molar-refractivity contribution is 6.29. The number of anilines is 1. The van der Waals surface area contributed by atoms with E-state index < -0.39 is 18.5 Å². The Kier molecular flexibility index (Phi) is 5.24. The molecular weight excluding hydrogens is 412 g/mol. The Morgan fingerprint density at radius 2 is 1.87 bits per heavy atom. The van der Waals surface area contributed by atoms with Crippen molar-refractivity contribution in [2.24, 2.45) is 0 Å². The summed E-state index contributed by atoms with van der Waals surface area (Å²) in [7, 11) is 0. The Labute approximate surface area is 175 Å². The second-order valence-electron chi connectivity index (χ2n) is 6.47. The summed E-state index contributed by atoms with van der Waals surface area (Å²) in [5, 5.41) is 3.63. The van der Waals surface area contributed by atoms with Crippen molar-refractivity contribution < 1.29 is 28.6 Å². The number of benzene rings is 2. The fraction of sp³-hybridized carbons (Fsp3) is 0.143. The molecule has 3 aromatic rings. The van der Waals surface area contributed by atoms with Crippen molar-refractivity contribution in [3.05, 3.63) is 58.7 Å². The molecule has 9 heteroatoms. The molecule has 30 heavy (non-hydrogen) atoms. The van der Waals surface area contributed by atoms with Gasteiger partial charge in [-0.3, -0.25) is 9.59 Å². The van der Waals surface area contributed by atoms with Gasteiger partial charge in [-0.05, 0) is 43.3 Å². The van der Waals surface area contributed by atoms with Crippen LogP contribution in [0, 0.1) is 0 Å². The lowest BCUT2D eigenvalue weighted by atomic mass is 10.1. The second-order valence-corrected chi connectivity index (χ2v) is 6.86. The maximum Gasteiger partial charge on any atom is 0.338 e. The van der Waals surface area contributed by atoms with Crippen LogP contribution in [0.15, 0.2) is 42.5 Å². The number of esters is 1. The predicted molar refractivity (Wildman–Crippen MR) is 108 cm³/mol. The third kappa shape index (κ3) is 4.04. The van der Waals surface area contributed by atoms with E-state index in [4.69, 9.17) is 25.8 Å². The lowest BCUT2D eigenvalue weighted by molar-refractivity contribution is -0.119. The Bertz CT molecular complexity index is 1190. The highest BCUT2D eigenvalue weighted by atomic mass is 35.5. The molecule has 1 aromatic heterocycles. The Balaban J connectivity index is 1.43. The van der Waals surface area contributed by atoms with Crippen LogP contribution in [-0.4, -0.2) is 36.0 Å². The van der Waals surface area contributed by atoms with E-state index in [1.165, 1.54) is 25.1 Å². The van der Waals surface area contributed by atoms with Gasteiger partial charge in [-0.15, -0.1) is 0 Å². The van der Waals surface area contributed by atoms with E-state index in [1.807, 2.05) is 0 Å². The summed E-state index contributed by atoms with van der Waals surface area (Å²) in [6.07, 6.45) is 0. The average Bonchev–Trinajstić information content (AvgIpc) is 3.18. The van der Waals surface area contributed by atoms with Gasteiger partial charge in [0.1, 0.15) is 5.15 Å². The largest absolute Gasteiger partial charge is 0.454 e. The first kappa shape index (κ1) is 19.7. The molecule has 1 N–H and O–H groups in total. The monoisotopic (exact) mass is 426 g/mol. The molecule has 8 nitrogen and oxygen atoms in total. The molecule has 2 heterocycles. The molecule has 0 saturated heterocycles. The Morgan fingerprint density at radius 1 is 1.10 bits per heavy atom. The number of nitrogens with one attached hydrogen (secondary N) is 1. The van der Waals surface area contributed by atoms with E-state index in [2.05, 4.69) is 10.3 Å². The van der Waals surface area contributed by atoms with Crippen LogP contribution in [0.25, 0.3) is 10.9 Å². The molecule has 1 aliphatic rings. The number of Topliss-reactive ketones (excluding diaryl/α,β-unsaturated/α-hetero) is 1. The van der Waals surface area contributed by atoms with E-state index in [0.29, 0.717) is 27.6 Å². The fourth-order valence-corrected chi connectivity index (χ4v) is 3.12. The summed E-state index contributed by atoms with van der Waals surface area (Å²) in [6.45, 7) is 0.881. The van der Waals surface area contributed by atoms with E-state index in [9.17, 15) is 14.4 Å². The van der Waals surface area contributed by atoms with Crippen LogP contribution in [0.1, 0.15) is 27.6 Å². The minimum absolute atomic E-state index is 0.0369. The van der Waals surface area contributed by atoms with Crippen LogP contribution in [0.3, 0.4) is 0 Å². The summed E-state index contributed by atoms with van der Waals surface area (Å²) in [5.41, 5.74) is 1.42. The lowest BCUT2D eigenvalue weighted by Gasteiger charge is -2.11. The van der Waals surface area contributed by atoms with Crippen LogP contribution in [0.5, 0.6) is 11.5 Å². The van der Waals surface area contributed by atoms with Gasteiger partial charge in [0, 0.05) is 17.0 Å². The molecule has 0 saturated carbocycles. The van der Waals surface area contributed by atoms with Gasteiger partial charge < -0.3 is 19.5 Å². The quantitative estimate of drug-likeness (QED) is 0.377. The molecule has 0 fully saturated rings. The highest BCUT2D eigenvalue weighted by Crippen LogP contribution is 2.37. The van der Waals surface area contributed by atoms with Crippen molar-refractivity contribution in [1.82, 2.24) is 4.98 Å². The number of halogens is 1. The van der Waals surface area contributed by atoms with Crippen LogP contribution < -0.4 is 14.8 Å². The number of ether oxygens (including phenoxy) is 3. The number of hydrogen-bond acceptors (Lipinski definition) is 7. The number of pyridine rings is 1. The normalized spacial score (nSPS) is 11.9. The van der Waals surface area contributed by atoms with Crippen LogP contribution in [0.2, 0.25) is 5.15 Å². The molecule has 0 atom stereocenters. The van der Waals surface area contributed by atoms with Crippen LogP contribution in [-0.2, 0) is 9.53 Å². The SMILES string of the molecule is CC(=O)c1cc2c(cc1NC(=O)COC(=O)c1ccc3nc(Cl)ccc3c1)OCO2. The third-order valence-electron chi connectivity index (χ3n) is 4.39. The smallest absolute Gasteiger partial charge is 0.338 e. The number of nitrogens with zero attached hydrogens (tertiary/aromatic N) is 1. The summed E-state index contributed by atoms with van der Waals surface area (Å²) < 4.78 is 15.6. The first-order valence-corrected chi connectivity index (χ1v) is 9.26. The zero-order chi connectivity index (χ0) is 21.3. The molecular formula is C21H15ClN2O6. The van der Waals surface area contributed by atoms with Crippen molar-refractivity contribution in [3.8, 4) is 11.5 Å². The predicted octanol–water partition coefficient (Wildman–Crippen LogP) is 3.62. The first-order valence-electron chi connectivity index (χ1n) is 8.88. The van der Waals surface area contributed by atoms with E-state index >= 15 is 0 Å². The summed E-state index contributed by atoms with van der Waals surface area (Å²) in [5.74, 6) is -0.683. The molecule has 4 rings (SSSR count). The van der Waals surface area contributed by atoms with Gasteiger partial charge in [0.15, 0.2) is 23.9 Å². The zero-order valence-electron chi connectivity index (χ0n) is 15.7. The number of ketones is 1. The Hall–Kier alpha value is -3.65. The van der Waals surface area contributed by atoms with Crippen molar-refractivity contribution in [2.45, 2.75) is 6.92 Å². The van der Waals surface area contributed by atoms with Gasteiger partial charge >= 0.3 is 5.97 Å². The van der Waals surface area contributed by atoms with Gasteiger partial charge in [0.05, 0.1) is 16.8 Å². The zero-order valence-corrected chi connectivity index (χ0v) is 16.5. The van der Waals surface area contributed by atoms with Crippen LogP contribution in [0.4, 0.5) is 5.69 Å². The van der Waals surface area contributed by atoms with Crippen molar-refractivity contribution >= 4 is 45.9 Å². The van der Waals surface area contributed by atoms with E-state index in [0.717, 1.165) is 0 Å². The van der Waals surface area contributed by atoms with E-state index in [-0.39, 0.29) is 29.4 Å². The molecule has 1 aliphatic heterocycles. The van der Waals surface area contributed by atoms with Gasteiger partial charge in [-0.25, -0.2) is 9.78 Å². The van der Waals surface area contributed by atoms with Crippen molar-refractivity contribution in [1.29, 1.82) is 0 Å². The number of fused-ring (bicyclic) bond motifs is 2. The fourth-order valence-electron chi connectivity index (χ4n) is 2.97. The van der Waals surface area contributed by atoms with Crippen LogP contribution >= 0.6 is 11.6 Å². The topological polar surface area (TPSA) is 104 Å². The summed E-state index contributed by atoms with van der Waals surface area (Å²) in [4.78, 5) is 40.6. The number of aromatic nitrogens is 1. The lowest BCUT2D eigenvalue weighted by Crippen LogP contribution is -2.22. The van der Waals surface area contributed by atoms with Gasteiger partial charge in [-0.2, -0.15) is 0 Å². The highest BCUT2D eigenvalue weighted by Gasteiger charge is 2.21. The second kappa shape index (κ2) is 8.00. The number of carbonyl (C=O) groups is 3. The minimum Gasteiger partial charge on any atom is -0.454 e. The first-order chi connectivity index (χ1) is 14.4. The molecule has 0 spiro atoms. The maximum absolute atomic E-state index is 12.3. The molecule has 0 aliphatic carbocycles. The van der Waals surface area contributed by atoms with Gasteiger partial charge in [-0.1, -0.05) is 11.6 Å².